The molecule has 0 bridgehead atoms. The number of hydrogen-bond donors (Lipinski definition) is 0. The fraction of sp³-hybridized carbons (Fsp3) is 0.538. The number of hydrogen-bond acceptors (Lipinski definition) is 1. The molecular formula is C13H17ClS. The van der Waals surface area contributed by atoms with Gasteiger partial charge >= 0.3 is 0 Å². The fourth-order valence-corrected chi connectivity index (χ4v) is 3.48. The highest BCUT2D eigenvalue weighted by Crippen LogP contribution is 2.41. The van der Waals surface area contributed by atoms with E-state index in [-0.39, 0.29) is 0 Å². The van der Waals surface area contributed by atoms with E-state index in [1.165, 1.54) is 17.1 Å². The normalized spacial score (nSPS) is 21.3. The van der Waals surface area contributed by atoms with E-state index in [0.717, 1.165) is 18.8 Å². The highest BCUT2D eigenvalue weighted by Gasteiger charge is 2.22. The van der Waals surface area contributed by atoms with Gasteiger partial charge in [0.1, 0.15) is 0 Å². The van der Waals surface area contributed by atoms with Gasteiger partial charge < -0.3 is 0 Å². The predicted molar refractivity (Wildman–Crippen MR) is 69.1 cm³/mol. The summed E-state index contributed by atoms with van der Waals surface area (Å²) in [6, 6.07) is 8.79. The number of thioether (sulfide) groups is 1. The van der Waals surface area contributed by atoms with Crippen LogP contribution in [0.2, 0.25) is 0 Å². The quantitative estimate of drug-likeness (QED) is 0.689. The van der Waals surface area contributed by atoms with Gasteiger partial charge in [0.05, 0.1) is 0 Å². The van der Waals surface area contributed by atoms with Crippen LogP contribution >= 0.6 is 23.4 Å². The number of alkyl halides is 1. The van der Waals surface area contributed by atoms with Crippen molar-refractivity contribution in [2.75, 3.05) is 5.75 Å². The maximum atomic E-state index is 6.16. The maximum absolute atomic E-state index is 6.16. The van der Waals surface area contributed by atoms with E-state index in [1.54, 1.807) is 5.56 Å². The van der Waals surface area contributed by atoms with Crippen molar-refractivity contribution in [1.29, 1.82) is 0 Å². The molecule has 0 amide bonds. The maximum Gasteiger partial charge on any atom is 0.0333 e. The van der Waals surface area contributed by atoms with Crippen molar-refractivity contribution in [1.82, 2.24) is 0 Å². The van der Waals surface area contributed by atoms with Gasteiger partial charge in [-0.1, -0.05) is 25.1 Å². The molecule has 15 heavy (non-hydrogen) atoms. The van der Waals surface area contributed by atoms with Crippen LogP contribution in [0.15, 0.2) is 29.2 Å². The lowest BCUT2D eigenvalue weighted by Gasteiger charge is -2.12. The highest BCUT2D eigenvalue weighted by atomic mass is 35.5. The molecular weight excluding hydrogens is 224 g/mol. The van der Waals surface area contributed by atoms with E-state index in [2.05, 4.69) is 31.2 Å². The molecule has 1 aromatic rings. The second kappa shape index (κ2) is 5.27. The molecule has 2 atom stereocenters. The monoisotopic (exact) mass is 240 g/mol. The standard InChI is InChI=1S/C13H17ClS/c1-2-11(14)8-7-10-9-15-13-6-4-3-5-12(10)13/h3-6,10-11H,2,7-9H2,1H3. The average molecular weight is 241 g/mol. The van der Waals surface area contributed by atoms with E-state index in [9.17, 15) is 0 Å². The van der Waals surface area contributed by atoms with Gasteiger partial charge in [-0.05, 0) is 36.8 Å². The van der Waals surface area contributed by atoms with Crippen LogP contribution in [0.5, 0.6) is 0 Å². The topological polar surface area (TPSA) is 0 Å². The molecule has 2 unspecified atom stereocenters. The zero-order chi connectivity index (χ0) is 10.7. The van der Waals surface area contributed by atoms with Crippen LogP contribution in [0.4, 0.5) is 0 Å². The van der Waals surface area contributed by atoms with Gasteiger partial charge in [-0.2, -0.15) is 0 Å². The Morgan fingerprint density at radius 3 is 3.07 bits per heavy atom. The molecule has 0 saturated heterocycles. The van der Waals surface area contributed by atoms with E-state index >= 15 is 0 Å². The van der Waals surface area contributed by atoms with Gasteiger partial charge in [0.2, 0.25) is 0 Å². The summed E-state index contributed by atoms with van der Waals surface area (Å²) < 4.78 is 0. The second-order valence-electron chi connectivity index (χ2n) is 4.13. The van der Waals surface area contributed by atoms with Gasteiger partial charge in [0, 0.05) is 16.0 Å². The molecule has 0 N–H and O–H groups in total. The van der Waals surface area contributed by atoms with Gasteiger partial charge in [0.25, 0.3) is 0 Å². The van der Waals surface area contributed by atoms with Crippen molar-refractivity contribution in [2.24, 2.45) is 0 Å². The average Bonchev–Trinajstić information content (AvgIpc) is 2.69. The first-order chi connectivity index (χ1) is 7.31. The van der Waals surface area contributed by atoms with E-state index in [1.807, 2.05) is 11.8 Å². The molecule has 82 valence electrons. The van der Waals surface area contributed by atoms with Crippen LogP contribution < -0.4 is 0 Å². The lowest BCUT2D eigenvalue weighted by Crippen LogP contribution is -2.02. The summed E-state index contributed by atoms with van der Waals surface area (Å²) in [4.78, 5) is 1.48. The Morgan fingerprint density at radius 1 is 1.47 bits per heavy atom. The fourth-order valence-electron chi connectivity index (χ4n) is 2.05. The summed E-state index contributed by atoms with van der Waals surface area (Å²) in [7, 11) is 0. The first-order valence-electron chi connectivity index (χ1n) is 5.67. The first kappa shape index (κ1) is 11.3. The molecule has 0 aromatic heterocycles. The number of fused-ring (bicyclic) bond motifs is 1. The third kappa shape index (κ3) is 2.70. The molecule has 1 heterocycles. The minimum Gasteiger partial charge on any atom is -0.125 e. The zero-order valence-electron chi connectivity index (χ0n) is 9.08. The van der Waals surface area contributed by atoms with Gasteiger partial charge in [-0.15, -0.1) is 23.4 Å². The minimum absolute atomic E-state index is 0.364. The van der Waals surface area contributed by atoms with Crippen molar-refractivity contribution >= 4 is 23.4 Å². The third-order valence-corrected chi connectivity index (χ3v) is 4.85. The van der Waals surface area contributed by atoms with Crippen LogP contribution in [0.25, 0.3) is 0 Å². The summed E-state index contributed by atoms with van der Waals surface area (Å²) in [5.74, 6) is 1.98. The van der Waals surface area contributed by atoms with Crippen LogP contribution in [-0.4, -0.2) is 11.1 Å². The minimum atomic E-state index is 0.364. The van der Waals surface area contributed by atoms with Gasteiger partial charge in [-0.25, -0.2) is 0 Å². The smallest absolute Gasteiger partial charge is 0.0333 e. The molecule has 0 aliphatic carbocycles. The van der Waals surface area contributed by atoms with Gasteiger partial charge in [0.15, 0.2) is 0 Å². The summed E-state index contributed by atoms with van der Waals surface area (Å²) in [6.45, 7) is 2.16. The Balaban J connectivity index is 1.96. The summed E-state index contributed by atoms with van der Waals surface area (Å²) >= 11 is 8.16. The summed E-state index contributed by atoms with van der Waals surface area (Å²) in [6.07, 6.45) is 3.48. The molecule has 1 aromatic carbocycles. The van der Waals surface area contributed by atoms with Crippen molar-refractivity contribution in [3.05, 3.63) is 29.8 Å². The predicted octanol–water partition coefficient (Wildman–Crippen LogP) is 4.67. The molecule has 2 heteroatoms. The van der Waals surface area contributed by atoms with Crippen LogP contribution in [0.3, 0.4) is 0 Å². The van der Waals surface area contributed by atoms with Crippen LogP contribution in [0.1, 0.15) is 37.7 Å². The van der Waals surface area contributed by atoms with Crippen molar-refractivity contribution in [2.45, 2.75) is 42.4 Å². The molecule has 1 aliphatic heterocycles. The summed E-state index contributed by atoms with van der Waals surface area (Å²) in [5.41, 5.74) is 1.54. The number of rotatable bonds is 4. The Kier molecular flexibility index (Phi) is 3.99. The van der Waals surface area contributed by atoms with Crippen molar-refractivity contribution in [3.63, 3.8) is 0 Å². The second-order valence-corrected chi connectivity index (χ2v) is 5.81. The lowest BCUT2D eigenvalue weighted by atomic mass is 9.95. The van der Waals surface area contributed by atoms with Crippen LogP contribution in [0, 0.1) is 0 Å². The Morgan fingerprint density at radius 2 is 2.27 bits per heavy atom. The molecule has 1 aliphatic rings. The SMILES string of the molecule is CCC(Cl)CCC1CSc2ccccc21. The first-order valence-corrected chi connectivity index (χ1v) is 7.09. The Hall–Kier alpha value is -0.140. The largest absolute Gasteiger partial charge is 0.125 e. The zero-order valence-corrected chi connectivity index (χ0v) is 10.7. The van der Waals surface area contributed by atoms with Gasteiger partial charge in [-0.3, -0.25) is 0 Å². The Labute approximate surface area is 101 Å². The van der Waals surface area contributed by atoms with E-state index < -0.39 is 0 Å². The molecule has 2 rings (SSSR count). The van der Waals surface area contributed by atoms with Crippen molar-refractivity contribution in [3.8, 4) is 0 Å². The molecule has 0 radical (unpaired) electrons. The molecule has 0 fully saturated rings. The number of benzene rings is 1. The number of halogens is 1. The summed E-state index contributed by atoms with van der Waals surface area (Å²) in [5, 5.41) is 0.364. The molecule has 0 nitrogen and oxygen atoms in total. The molecule has 0 spiro atoms. The van der Waals surface area contributed by atoms with E-state index in [4.69, 9.17) is 11.6 Å². The van der Waals surface area contributed by atoms with Crippen molar-refractivity contribution < 1.29 is 0 Å². The molecule has 0 saturated carbocycles. The Bertz CT molecular complexity index is 324. The highest BCUT2D eigenvalue weighted by molar-refractivity contribution is 7.99. The van der Waals surface area contributed by atoms with E-state index in [0.29, 0.717) is 5.38 Å². The van der Waals surface area contributed by atoms with Crippen LogP contribution in [-0.2, 0) is 0 Å². The third-order valence-electron chi connectivity index (χ3n) is 3.07. The lowest BCUT2D eigenvalue weighted by molar-refractivity contribution is 0.610.